The van der Waals surface area contributed by atoms with Crippen LogP contribution in [-0.2, 0) is 25.6 Å². The molecule has 0 aromatic heterocycles. The fraction of sp³-hybridized carbons (Fsp3) is 0.444. The van der Waals surface area contributed by atoms with E-state index in [1.54, 1.807) is 6.07 Å². The molecule has 2 fully saturated rings. The molecule has 1 aromatic carbocycles. The number of esters is 2. The largest absolute Gasteiger partial charge is 0.419 e. The lowest BCUT2D eigenvalue weighted by molar-refractivity contribution is -0.222. The minimum absolute atomic E-state index is 0.179. The van der Waals surface area contributed by atoms with Gasteiger partial charge >= 0.3 is 11.9 Å². The van der Waals surface area contributed by atoms with Gasteiger partial charge in [0, 0.05) is 45.0 Å². The van der Waals surface area contributed by atoms with E-state index >= 15 is 0 Å². The Bertz CT molecular complexity index is 704. The lowest BCUT2D eigenvalue weighted by Gasteiger charge is -2.30. The van der Waals surface area contributed by atoms with E-state index in [0.717, 1.165) is 30.2 Å². The van der Waals surface area contributed by atoms with Crippen LogP contribution >= 0.6 is 11.8 Å². The van der Waals surface area contributed by atoms with Crippen LogP contribution in [0.25, 0.3) is 6.08 Å². The van der Waals surface area contributed by atoms with Crippen LogP contribution in [0, 0.1) is 5.82 Å². The van der Waals surface area contributed by atoms with Crippen LogP contribution in [0.15, 0.2) is 23.8 Å². The summed E-state index contributed by atoms with van der Waals surface area (Å²) in [7, 11) is 0. The van der Waals surface area contributed by atoms with Crippen LogP contribution in [0.3, 0.4) is 0 Å². The summed E-state index contributed by atoms with van der Waals surface area (Å²) >= 11 is 1.90. The summed E-state index contributed by atoms with van der Waals surface area (Å²) in [6.45, 7) is 5.41. The summed E-state index contributed by atoms with van der Waals surface area (Å²) in [6.07, 6.45) is 1.42. The van der Waals surface area contributed by atoms with Crippen molar-refractivity contribution in [2.75, 3.05) is 24.6 Å². The molecular formula is C18H20FNO4S. The first-order valence-corrected chi connectivity index (χ1v) is 9.26. The van der Waals surface area contributed by atoms with E-state index in [1.165, 1.54) is 32.1 Å². The molecule has 7 heteroatoms. The van der Waals surface area contributed by atoms with Crippen LogP contribution in [0.4, 0.5) is 4.39 Å². The Morgan fingerprint density at radius 1 is 1.20 bits per heavy atom. The molecule has 3 rings (SSSR count). The van der Waals surface area contributed by atoms with E-state index in [2.05, 4.69) is 4.90 Å². The Balaban J connectivity index is 1.89. The van der Waals surface area contributed by atoms with Gasteiger partial charge in [0.25, 0.3) is 5.79 Å². The summed E-state index contributed by atoms with van der Waals surface area (Å²) < 4.78 is 23.9. The van der Waals surface area contributed by atoms with Crippen LogP contribution in [0.2, 0.25) is 0 Å². The molecule has 0 aliphatic carbocycles. The molecule has 2 heterocycles. The van der Waals surface area contributed by atoms with Gasteiger partial charge in [-0.1, -0.05) is 6.07 Å². The summed E-state index contributed by atoms with van der Waals surface area (Å²) in [5.74, 6) is -1.00. The number of carbonyl (C=O) groups excluding carboxylic acids is 2. The van der Waals surface area contributed by atoms with Crippen LogP contribution in [0.1, 0.15) is 25.0 Å². The minimum Gasteiger partial charge on any atom is -0.419 e. The Kier molecular flexibility index (Phi) is 5.15. The van der Waals surface area contributed by atoms with Gasteiger partial charge in [-0.3, -0.25) is 4.90 Å². The number of ether oxygens (including phenoxy) is 2. The van der Waals surface area contributed by atoms with Gasteiger partial charge in [-0.15, -0.1) is 0 Å². The van der Waals surface area contributed by atoms with Crippen molar-refractivity contribution in [3.05, 3.63) is 40.7 Å². The third-order valence-electron chi connectivity index (χ3n) is 4.02. The number of cyclic esters (lactones) is 2. The summed E-state index contributed by atoms with van der Waals surface area (Å²) in [4.78, 5) is 26.5. The van der Waals surface area contributed by atoms with Crippen molar-refractivity contribution in [2.45, 2.75) is 26.2 Å². The normalized spacial score (nSPS) is 20.8. The van der Waals surface area contributed by atoms with Gasteiger partial charge in [0.2, 0.25) is 0 Å². The molecule has 25 heavy (non-hydrogen) atoms. The number of nitrogens with zero attached hydrogens (tertiary/aromatic N) is 1. The van der Waals surface area contributed by atoms with Gasteiger partial charge in [-0.25, -0.2) is 14.0 Å². The second-order valence-corrected chi connectivity index (χ2v) is 7.69. The van der Waals surface area contributed by atoms with Crippen molar-refractivity contribution < 1.29 is 23.5 Å². The van der Waals surface area contributed by atoms with Gasteiger partial charge in [0.1, 0.15) is 11.4 Å². The fourth-order valence-corrected chi connectivity index (χ4v) is 3.76. The number of benzene rings is 1. The monoisotopic (exact) mass is 365 g/mol. The molecule has 2 aliphatic rings. The van der Waals surface area contributed by atoms with Crippen molar-refractivity contribution >= 4 is 29.8 Å². The van der Waals surface area contributed by atoms with E-state index in [-0.39, 0.29) is 11.4 Å². The van der Waals surface area contributed by atoms with E-state index in [1.807, 2.05) is 11.8 Å². The van der Waals surface area contributed by atoms with Crippen molar-refractivity contribution in [3.63, 3.8) is 0 Å². The van der Waals surface area contributed by atoms with Gasteiger partial charge in [-0.2, -0.15) is 11.8 Å². The van der Waals surface area contributed by atoms with Crippen molar-refractivity contribution in [1.82, 2.24) is 4.90 Å². The van der Waals surface area contributed by atoms with Gasteiger partial charge in [0.15, 0.2) is 0 Å². The van der Waals surface area contributed by atoms with Gasteiger partial charge in [0.05, 0.1) is 0 Å². The lowest BCUT2D eigenvalue weighted by Crippen LogP contribution is -2.41. The molecule has 0 bridgehead atoms. The fourth-order valence-electron chi connectivity index (χ4n) is 2.79. The predicted molar refractivity (Wildman–Crippen MR) is 93.2 cm³/mol. The second kappa shape index (κ2) is 7.17. The zero-order valence-electron chi connectivity index (χ0n) is 14.2. The molecular weight excluding hydrogens is 345 g/mol. The number of thioether (sulfide) groups is 1. The van der Waals surface area contributed by atoms with Gasteiger partial charge < -0.3 is 9.47 Å². The first kappa shape index (κ1) is 17.9. The average Bonchev–Trinajstić information content (AvgIpc) is 2.53. The number of hydrogen-bond donors (Lipinski definition) is 0. The summed E-state index contributed by atoms with van der Waals surface area (Å²) in [5.41, 5.74) is 1.16. The first-order chi connectivity index (χ1) is 11.8. The molecule has 0 amide bonds. The standard InChI is InChI=1S/C18H20FNO4S/c1-18(2)23-16(21)15(17(22)24-18)10-12-3-4-14(19)9-13(12)11-20-5-7-25-8-6-20/h3-4,9-10H,5-8,11H2,1-2H3. The highest BCUT2D eigenvalue weighted by molar-refractivity contribution is 7.99. The molecule has 0 atom stereocenters. The molecule has 0 saturated carbocycles. The molecule has 134 valence electrons. The smallest absolute Gasteiger partial charge is 0.348 e. The third kappa shape index (κ3) is 4.41. The molecule has 5 nitrogen and oxygen atoms in total. The van der Waals surface area contributed by atoms with E-state index in [4.69, 9.17) is 9.47 Å². The van der Waals surface area contributed by atoms with E-state index in [9.17, 15) is 14.0 Å². The highest BCUT2D eigenvalue weighted by atomic mass is 32.2. The number of carbonyl (C=O) groups is 2. The third-order valence-corrected chi connectivity index (χ3v) is 4.96. The molecule has 0 radical (unpaired) electrons. The van der Waals surface area contributed by atoms with Crippen molar-refractivity contribution in [3.8, 4) is 0 Å². The Morgan fingerprint density at radius 2 is 1.84 bits per heavy atom. The van der Waals surface area contributed by atoms with E-state index < -0.39 is 17.7 Å². The molecule has 0 N–H and O–H groups in total. The zero-order chi connectivity index (χ0) is 18.0. The minimum atomic E-state index is -1.28. The maximum atomic E-state index is 13.7. The zero-order valence-corrected chi connectivity index (χ0v) is 15.0. The predicted octanol–water partition coefficient (Wildman–Crippen LogP) is 2.59. The second-order valence-electron chi connectivity index (χ2n) is 6.47. The Labute approximate surface area is 150 Å². The maximum Gasteiger partial charge on any atom is 0.348 e. The highest BCUT2D eigenvalue weighted by Crippen LogP contribution is 2.26. The number of halogens is 1. The van der Waals surface area contributed by atoms with Gasteiger partial charge in [-0.05, 0) is 29.3 Å². The van der Waals surface area contributed by atoms with Crippen molar-refractivity contribution in [1.29, 1.82) is 0 Å². The Morgan fingerprint density at radius 3 is 2.48 bits per heavy atom. The van der Waals surface area contributed by atoms with Crippen LogP contribution in [0.5, 0.6) is 0 Å². The lowest BCUT2D eigenvalue weighted by atomic mass is 10.0. The average molecular weight is 365 g/mol. The number of rotatable bonds is 3. The maximum absolute atomic E-state index is 13.7. The highest BCUT2D eigenvalue weighted by Gasteiger charge is 2.38. The SMILES string of the molecule is CC1(C)OC(=O)C(=Cc2ccc(F)cc2CN2CCSCC2)C(=O)O1. The molecule has 1 aromatic rings. The summed E-state index contributed by atoms with van der Waals surface area (Å²) in [5, 5.41) is 0. The Hall–Kier alpha value is -1.86. The number of hydrogen-bond acceptors (Lipinski definition) is 6. The van der Waals surface area contributed by atoms with E-state index in [0.29, 0.717) is 12.1 Å². The molecule has 0 unspecified atom stereocenters. The topological polar surface area (TPSA) is 55.8 Å². The first-order valence-electron chi connectivity index (χ1n) is 8.11. The molecule has 0 spiro atoms. The molecule has 2 aliphatic heterocycles. The van der Waals surface area contributed by atoms with Crippen molar-refractivity contribution in [2.24, 2.45) is 0 Å². The summed E-state index contributed by atoms with van der Waals surface area (Å²) in [6, 6.07) is 4.32. The van der Waals surface area contributed by atoms with Crippen LogP contribution in [-0.4, -0.2) is 47.2 Å². The molecule has 2 saturated heterocycles. The van der Waals surface area contributed by atoms with Crippen LogP contribution < -0.4 is 0 Å². The quantitative estimate of drug-likeness (QED) is 0.466.